The van der Waals surface area contributed by atoms with E-state index in [0.29, 0.717) is 6.61 Å². The lowest BCUT2D eigenvalue weighted by Crippen LogP contribution is -2.21. The maximum atomic E-state index is 5.68. The van der Waals surface area contributed by atoms with Gasteiger partial charge in [-0.25, -0.2) is 0 Å². The Bertz CT molecular complexity index is 569. The standard InChI is InChI=1S/C15H17Br2NO2/c1-3-18-15(13-7-8-14(17)20-13)10-5-6-12(19-4-2)11(16)9-10/h5-9,15,18H,3-4H2,1-2H3. The Morgan fingerprint density at radius 2 is 2.00 bits per heavy atom. The molecule has 1 atom stereocenters. The number of hydrogen-bond donors (Lipinski definition) is 1. The third kappa shape index (κ3) is 3.65. The summed E-state index contributed by atoms with van der Waals surface area (Å²) in [5.74, 6) is 1.74. The largest absolute Gasteiger partial charge is 0.493 e. The third-order valence-corrected chi connectivity index (χ3v) is 3.92. The zero-order valence-corrected chi connectivity index (χ0v) is 14.6. The molecule has 1 unspecified atom stereocenters. The van der Waals surface area contributed by atoms with Crippen molar-refractivity contribution >= 4 is 31.9 Å². The van der Waals surface area contributed by atoms with Crippen LogP contribution in [0.2, 0.25) is 0 Å². The Kier molecular flexibility index (Phi) is 5.69. The quantitative estimate of drug-likeness (QED) is 0.745. The fourth-order valence-corrected chi connectivity index (χ4v) is 2.87. The van der Waals surface area contributed by atoms with Gasteiger partial charge in [0.1, 0.15) is 11.5 Å². The number of rotatable bonds is 6. The Balaban J connectivity index is 2.32. The molecule has 1 aromatic carbocycles. The number of benzene rings is 1. The van der Waals surface area contributed by atoms with E-state index < -0.39 is 0 Å². The highest BCUT2D eigenvalue weighted by Crippen LogP contribution is 2.32. The van der Waals surface area contributed by atoms with Gasteiger partial charge in [-0.05, 0) is 75.2 Å². The molecule has 0 bridgehead atoms. The van der Waals surface area contributed by atoms with Crippen molar-refractivity contribution in [1.29, 1.82) is 0 Å². The van der Waals surface area contributed by atoms with Crippen LogP contribution >= 0.6 is 31.9 Å². The van der Waals surface area contributed by atoms with Crippen LogP contribution in [0.1, 0.15) is 31.2 Å². The highest BCUT2D eigenvalue weighted by Gasteiger charge is 2.18. The molecule has 0 spiro atoms. The summed E-state index contributed by atoms with van der Waals surface area (Å²) in [6, 6.07) is 10.0. The summed E-state index contributed by atoms with van der Waals surface area (Å²) in [6.45, 7) is 5.56. The third-order valence-electron chi connectivity index (χ3n) is 2.88. The molecule has 1 heterocycles. The second-order valence-electron chi connectivity index (χ2n) is 4.26. The summed E-state index contributed by atoms with van der Waals surface area (Å²) in [5, 5.41) is 3.43. The molecule has 5 heteroatoms. The number of halogens is 2. The van der Waals surface area contributed by atoms with Gasteiger partial charge in [0.2, 0.25) is 0 Å². The topological polar surface area (TPSA) is 34.4 Å². The van der Waals surface area contributed by atoms with Gasteiger partial charge in [0.05, 0.1) is 17.1 Å². The predicted octanol–water partition coefficient (Wildman–Crippen LogP) is 4.90. The molecule has 0 radical (unpaired) electrons. The normalized spacial score (nSPS) is 12.4. The zero-order chi connectivity index (χ0) is 14.5. The average molecular weight is 403 g/mol. The van der Waals surface area contributed by atoms with Crippen LogP contribution in [-0.4, -0.2) is 13.2 Å². The van der Waals surface area contributed by atoms with Gasteiger partial charge < -0.3 is 14.5 Å². The summed E-state index contributed by atoms with van der Waals surface area (Å²) in [6.07, 6.45) is 0. The Morgan fingerprint density at radius 3 is 2.55 bits per heavy atom. The minimum atomic E-state index is 0.0262. The molecule has 0 saturated heterocycles. The van der Waals surface area contributed by atoms with Crippen molar-refractivity contribution < 1.29 is 9.15 Å². The smallest absolute Gasteiger partial charge is 0.169 e. The lowest BCUT2D eigenvalue weighted by atomic mass is 10.0. The lowest BCUT2D eigenvalue weighted by molar-refractivity contribution is 0.338. The van der Waals surface area contributed by atoms with Gasteiger partial charge in [-0.1, -0.05) is 13.0 Å². The van der Waals surface area contributed by atoms with Crippen molar-refractivity contribution in [1.82, 2.24) is 5.32 Å². The average Bonchev–Trinajstić information content (AvgIpc) is 2.85. The van der Waals surface area contributed by atoms with Crippen molar-refractivity contribution in [2.75, 3.05) is 13.2 Å². The van der Waals surface area contributed by atoms with Gasteiger partial charge in [0.15, 0.2) is 4.67 Å². The molecule has 3 nitrogen and oxygen atoms in total. The molecule has 0 aliphatic rings. The van der Waals surface area contributed by atoms with E-state index in [1.807, 2.05) is 25.1 Å². The van der Waals surface area contributed by atoms with E-state index in [-0.39, 0.29) is 6.04 Å². The fourth-order valence-electron chi connectivity index (χ4n) is 2.04. The Morgan fingerprint density at radius 1 is 1.20 bits per heavy atom. The molecule has 0 fully saturated rings. The minimum absolute atomic E-state index is 0.0262. The highest BCUT2D eigenvalue weighted by atomic mass is 79.9. The summed E-state index contributed by atoms with van der Waals surface area (Å²) in [7, 11) is 0. The Hall–Kier alpha value is -0.780. The second kappa shape index (κ2) is 7.29. The van der Waals surface area contributed by atoms with Crippen LogP contribution in [0.15, 0.2) is 43.9 Å². The van der Waals surface area contributed by atoms with E-state index in [9.17, 15) is 0 Å². The molecule has 0 amide bonds. The molecule has 0 saturated carbocycles. The predicted molar refractivity (Wildman–Crippen MR) is 87.2 cm³/mol. The van der Waals surface area contributed by atoms with Crippen LogP contribution in [0.5, 0.6) is 5.75 Å². The molecule has 0 aliphatic heterocycles. The summed E-state index contributed by atoms with van der Waals surface area (Å²) in [4.78, 5) is 0. The first-order valence-electron chi connectivity index (χ1n) is 6.56. The van der Waals surface area contributed by atoms with Gasteiger partial charge in [-0.3, -0.25) is 0 Å². The summed E-state index contributed by atoms with van der Waals surface area (Å²) in [5.41, 5.74) is 1.13. The van der Waals surface area contributed by atoms with Gasteiger partial charge in [-0.2, -0.15) is 0 Å². The van der Waals surface area contributed by atoms with E-state index >= 15 is 0 Å². The molecule has 108 valence electrons. The fraction of sp³-hybridized carbons (Fsp3) is 0.333. The van der Waals surface area contributed by atoms with Gasteiger partial charge in [0, 0.05) is 0 Å². The van der Waals surface area contributed by atoms with Crippen molar-refractivity contribution in [3.8, 4) is 5.75 Å². The van der Waals surface area contributed by atoms with Crippen molar-refractivity contribution in [2.45, 2.75) is 19.9 Å². The number of hydrogen-bond acceptors (Lipinski definition) is 3. The zero-order valence-electron chi connectivity index (χ0n) is 11.5. The van der Waals surface area contributed by atoms with Crippen LogP contribution in [0, 0.1) is 0 Å². The maximum absolute atomic E-state index is 5.68. The number of nitrogens with one attached hydrogen (secondary N) is 1. The van der Waals surface area contributed by atoms with E-state index in [1.54, 1.807) is 0 Å². The molecule has 2 rings (SSSR count). The first kappa shape index (κ1) is 15.6. The number of furan rings is 1. The Labute approximate surface area is 136 Å². The minimum Gasteiger partial charge on any atom is -0.493 e. The van der Waals surface area contributed by atoms with Crippen molar-refractivity contribution in [3.63, 3.8) is 0 Å². The monoisotopic (exact) mass is 401 g/mol. The van der Waals surface area contributed by atoms with Gasteiger partial charge >= 0.3 is 0 Å². The molecule has 1 N–H and O–H groups in total. The van der Waals surface area contributed by atoms with Gasteiger partial charge in [-0.15, -0.1) is 0 Å². The molecule has 2 aromatic rings. The van der Waals surface area contributed by atoms with Crippen LogP contribution < -0.4 is 10.1 Å². The van der Waals surface area contributed by atoms with Crippen LogP contribution in [0.3, 0.4) is 0 Å². The first-order valence-corrected chi connectivity index (χ1v) is 8.15. The molecule has 20 heavy (non-hydrogen) atoms. The maximum Gasteiger partial charge on any atom is 0.169 e. The SMILES string of the molecule is CCNC(c1ccc(OCC)c(Br)c1)c1ccc(Br)o1. The van der Waals surface area contributed by atoms with Crippen molar-refractivity contribution in [3.05, 3.63) is 50.8 Å². The van der Waals surface area contributed by atoms with Crippen LogP contribution in [0.25, 0.3) is 0 Å². The second-order valence-corrected chi connectivity index (χ2v) is 5.89. The number of ether oxygens (including phenoxy) is 1. The van der Waals surface area contributed by atoms with E-state index in [4.69, 9.17) is 9.15 Å². The van der Waals surface area contributed by atoms with Crippen molar-refractivity contribution in [2.24, 2.45) is 0 Å². The molecular formula is C15H17Br2NO2. The molecule has 0 aliphatic carbocycles. The van der Waals surface area contributed by atoms with Gasteiger partial charge in [0.25, 0.3) is 0 Å². The van der Waals surface area contributed by atoms with Crippen LogP contribution in [0.4, 0.5) is 0 Å². The van der Waals surface area contributed by atoms with E-state index in [1.165, 1.54) is 0 Å². The van der Waals surface area contributed by atoms with E-state index in [0.717, 1.165) is 32.8 Å². The highest BCUT2D eigenvalue weighted by molar-refractivity contribution is 9.10. The van der Waals surface area contributed by atoms with Crippen LogP contribution in [-0.2, 0) is 0 Å². The lowest BCUT2D eigenvalue weighted by Gasteiger charge is -2.17. The summed E-state index contributed by atoms with van der Waals surface area (Å²) < 4.78 is 12.9. The molecular weight excluding hydrogens is 386 g/mol. The first-order chi connectivity index (χ1) is 9.65. The summed E-state index contributed by atoms with van der Waals surface area (Å²) >= 11 is 6.90. The van der Waals surface area contributed by atoms with E-state index in [2.05, 4.69) is 56.2 Å². The molecule has 1 aromatic heterocycles.